The number of hydrogen-bond acceptors (Lipinski definition) is 4. The minimum atomic E-state index is -0.460. The molecule has 4 nitrogen and oxygen atoms in total. The summed E-state index contributed by atoms with van der Waals surface area (Å²) in [6, 6.07) is 7.58. The zero-order valence-electron chi connectivity index (χ0n) is 14.1. The lowest BCUT2D eigenvalue weighted by atomic mass is 10.1. The van der Waals surface area contributed by atoms with E-state index < -0.39 is 5.60 Å². The fourth-order valence-electron chi connectivity index (χ4n) is 1.94. The van der Waals surface area contributed by atoms with Crippen molar-refractivity contribution >= 4 is 11.7 Å². The van der Waals surface area contributed by atoms with Gasteiger partial charge in [0.05, 0.1) is 5.56 Å². The van der Waals surface area contributed by atoms with Crippen LogP contribution in [0.2, 0.25) is 0 Å². The van der Waals surface area contributed by atoms with Crippen LogP contribution >= 0.6 is 0 Å². The van der Waals surface area contributed by atoms with Gasteiger partial charge in [0.1, 0.15) is 5.60 Å². The fourth-order valence-corrected chi connectivity index (χ4v) is 1.94. The van der Waals surface area contributed by atoms with E-state index in [-0.39, 0.29) is 5.97 Å². The fraction of sp³-hybridized carbons (Fsp3) is 0.588. The first kappa shape index (κ1) is 17.5. The van der Waals surface area contributed by atoms with Gasteiger partial charge in [0, 0.05) is 19.3 Å². The number of carbonyl (C=O) groups is 1. The van der Waals surface area contributed by atoms with Gasteiger partial charge in [-0.05, 0) is 72.1 Å². The van der Waals surface area contributed by atoms with Crippen molar-refractivity contribution in [3.8, 4) is 0 Å². The molecule has 1 rings (SSSR count). The zero-order valence-corrected chi connectivity index (χ0v) is 14.1. The molecule has 0 saturated heterocycles. The number of hydrogen-bond donors (Lipinski definition) is 0. The zero-order chi connectivity index (χ0) is 16.0. The Bertz CT molecular complexity index is 447. The molecule has 0 bridgehead atoms. The molecule has 0 unspecified atom stereocenters. The quantitative estimate of drug-likeness (QED) is 0.755. The summed E-state index contributed by atoms with van der Waals surface area (Å²) in [6.45, 7) is 7.68. The Hall–Kier alpha value is -1.55. The second-order valence-electron chi connectivity index (χ2n) is 6.63. The molecule has 0 aliphatic rings. The van der Waals surface area contributed by atoms with E-state index >= 15 is 0 Å². The number of carbonyl (C=O) groups excluding carboxylic acids is 1. The maximum absolute atomic E-state index is 11.9. The second kappa shape index (κ2) is 7.46. The topological polar surface area (TPSA) is 32.8 Å². The summed E-state index contributed by atoms with van der Waals surface area (Å²) in [5, 5.41) is 0. The van der Waals surface area contributed by atoms with Gasteiger partial charge < -0.3 is 14.5 Å². The molecule has 4 heteroatoms. The van der Waals surface area contributed by atoms with Gasteiger partial charge in [-0.25, -0.2) is 4.79 Å². The van der Waals surface area contributed by atoms with E-state index in [4.69, 9.17) is 4.74 Å². The monoisotopic (exact) mass is 292 g/mol. The summed E-state index contributed by atoms with van der Waals surface area (Å²) in [4.78, 5) is 16.3. The molecule has 0 aromatic heterocycles. The van der Waals surface area contributed by atoms with E-state index in [1.807, 2.05) is 45.0 Å². The summed E-state index contributed by atoms with van der Waals surface area (Å²) in [5.41, 5.74) is 1.25. The molecule has 0 spiro atoms. The summed E-state index contributed by atoms with van der Waals surface area (Å²) in [6.07, 6.45) is 1.11. The summed E-state index contributed by atoms with van der Waals surface area (Å²) >= 11 is 0. The lowest BCUT2D eigenvalue weighted by Crippen LogP contribution is -2.24. The number of esters is 1. The standard InChI is InChI=1S/C17H28N2O2/c1-17(2,3)21-16(20)14-8-10-15(11-9-14)19(6)13-7-12-18(4)5/h8-11H,7,12-13H2,1-6H3. The van der Waals surface area contributed by atoms with Gasteiger partial charge in [0.2, 0.25) is 0 Å². The summed E-state index contributed by atoms with van der Waals surface area (Å²) in [5.74, 6) is -0.274. The molecule has 0 N–H and O–H groups in total. The van der Waals surface area contributed by atoms with Crippen LogP contribution in [0.25, 0.3) is 0 Å². The molecule has 118 valence electrons. The average molecular weight is 292 g/mol. The first-order valence-electron chi connectivity index (χ1n) is 7.38. The maximum atomic E-state index is 11.9. The van der Waals surface area contributed by atoms with Crippen molar-refractivity contribution in [3.63, 3.8) is 0 Å². The number of ether oxygens (including phenoxy) is 1. The van der Waals surface area contributed by atoms with E-state index in [0.717, 1.165) is 25.2 Å². The van der Waals surface area contributed by atoms with Crippen LogP contribution in [-0.4, -0.2) is 50.7 Å². The molecule has 21 heavy (non-hydrogen) atoms. The van der Waals surface area contributed by atoms with E-state index in [2.05, 4.69) is 30.9 Å². The van der Waals surface area contributed by atoms with Crippen molar-refractivity contribution in [2.45, 2.75) is 32.8 Å². The Morgan fingerprint density at radius 3 is 2.10 bits per heavy atom. The third kappa shape index (κ3) is 6.63. The number of benzene rings is 1. The van der Waals surface area contributed by atoms with Crippen LogP contribution in [0.3, 0.4) is 0 Å². The highest BCUT2D eigenvalue weighted by Crippen LogP contribution is 2.17. The number of rotatable bonds is 6. The molecule has 0 aliphatic heterocycles. The summed E-state index contributed by atoms with van der Waals surface area (Å²) < 4.78 is 5.36. The van der Waals surface area contributed by atoms with Crippen LogP contribution in [-0.2, 0) is 4.74 Å². The predicted molar refractivity (Wildman–Crippen MR) is 88.1 cm³/mol. The Morgan fingerprint density at radius 1 is 1.05 bits per heavy atom. The van der Waals surface area contributed by atoms with E-state index in [1.165, 1.54) is 0 Å². The molecule has 0 atom stereocenters. The molecular formula is C17H28N2O2. The van der Waals surface area contributed by atoms with E-state index in [0.29, 0.717) is 5.56 Å². The molecule has 1 aromatic carbocycles. The van der Waals surface area contributed by atoms with E-state index in [9.17, 15) is 4.79 Å². The van der Waals surface area contributed by atoms with Gasteiger partial charge >= 0.3 is 5.97 Å². The Morgan fingerprint density at radius 2 is 1.62 bits per heavy atom. The predicted octanol–water partition coefficient (Wildman–Crippen LogP) is 3.03. The lowest BCUT2D eigenvalue weighted by molar-refractivity contribution is 0.00696. The van der Waals surface area contributed by atoms with Crippen molar-refractivity contribution in [3.05, 3.63) is 29.8 Å². The van der Waals surface area contributed by atoms with Crippen molar-refractivity contribution in [2.75, 3.05) is 39.1 Å². The maximum Gasteiger partial charge on any atom is 0.338 e. The third-order valence-electron chi connectivity index (χ3n) is 3.04. The van der Waals surface area contributed by atoms with Crippen LogP contribution in [0.5, 0.6) is 0 Å². The van der Waals surface area contributed by atoms with Crippen molar-refractivity contribution in [1.29, 1.82) is 0 Å². The second-order valence-corrected chi connectivity index (χ2v) is 6.63. The molecule has 0 radical (unpaired) electrons. The average Bonchev–Trinajstić information content (AvgIpc) is 2.36. The van der Waals surface area contributed by atoms with Gasteiger partial charge in [-0.3, -0.25) is 0 Å². The van der Waals surface area contributed by atoms with Crippen LogP contribution in [0.4, 0.5) is 5.69 Å². The first-order valence-corrected chi connectivity index (χ1v) is 7.38. The van der Waals surface area contributed by atoms with Crippen molar-refractivity contribution in [1.82, 2.24) is 4.90 Å². The lowest BCUT2D eigenvalue weighted by Gasteiger charge is -2.21. The van der Waals surface area contributed by atoms with Crippen molar-refractivity contribution in [2.24, 2.45) is 0 Å². The molecule has 0 amide bonds. The Labute approximate surface area is 128 Å². The van der Waals surface area contributed by atoms with Crippen LogP contribution < -0.4 is 4.90 Å². The third-order valence-corrected chi connectivity index (χ3v) is 3.04. The van der Waals surface area contributed by atoms with Gasteiger partial charge in [0.15, 0.2) is 0 Å². The molecule has 0 saturated carbocycles. The molecule has 0 fully saturated rings. The Balaban J connectivity index is 2.59. The molecule has 1 aromatic rings. The van der Waals surface area contributed by atoms with Crippen LogP contribution in [0.15, 0.2) is 24.3 Å². The molecular weight excluding hydrogens is 264 g/mol. The number of nitrogens with zero attached hydrogens (tertiary/aromatic N) is 2. The van der Waals surface area contributed by atoms with Crippen molar-refractivity contribution < 1.29 is 9.53 Å². The minimum absolute atomic E-state index is 0.274. The van der Waals surface area contributed by atoms with Gasteiger partial charge in [-0.2, -0.15) is 0 Å². The largest absolute Gasteiger partial charge is 0.456 e. The van der Waals surface area contributed by atoms with Gasteiger partial charge in [0.25, 0.3) is 0 Å². The highest BCUT2D eigenvalue weighted by molar-refractivity contribution is 5.90. The molecule has 0 heterocycles. The molecule has 0 aliphatic carbocycles. The van der Waals surface area contributed by atoms with Gasteiger partial charge in [-0.15, -0.1) is 0 Å². The normalized spacial score (nSPS) is 11.6. The van der Waals surface area contributed by atoms with E-state index in [1.54, 1.807) is 0 Å². The first-order chi connectivity index (χ1) is 9.69. The number of anilines is 1. The SMILES string of the molecule is CN(C)CCCN(C)c1ccc(C(=O)OC(C)(C)C)cc1. The summed E-state index contributed by atoms with van der Waals surface area (Å²) in [7, 11) is 6.23. The van der Waals surface area contributed by atoms with Crippen LogP contribution in [0.1, 0.15) is 37.6 Å². The smallest absolute Gasteiger partial charge is 0.338 e. The highest BCUT2D eigenvalue weighted by Gasteiger charge is 2.17. The minimum Gasteiger partial charge on any atom is -0.456 e. The Kier molecular flexibility index (Phi) is 6.21. The van der Waals surface area contributed by atoms with Gasteiger partial charge in [-0.1, -0.05) is 0 Å². The van der Waals surface area contributed by atoms with Crippen LogP contribution in [0, 0.1) is 0 Å². The highest BCUT2D eigenvalue weighted by atomic mass is 16.6.